The average Bonchev–Trinajstić information content (AvgIpc) is 2.46. The molecule has 2 rings (SSSR count). The predicted octanol–water partition coefficient (Wildman–Crippen LogP) is 3.29. The lowest BCUT2D eigenvalue weighted by Crippen LogP contribution is -2.30. The Hall–Kier alpha value is -1.71. The number of nitrogens with zero attached hydrogens (tertiary/aromatic N) is 2. The smallest absolute Gasteiger partial charge is 0.286 e. The maximum Gasteiger partial charge on any atom is 0.286 e. The summed E-state index contributed by atoms with van der Waals surface area (Å²) in [5.41, 5.74) is 2.80. The summed E-state index contributed by atoms with van der Waals surface area (Å²) in [6.07, 6.45) is 5.47. The van der Waals surface area contributed by atoms with Gasteiger partial charge in [-0.3, -0.25) is 4.79 Å². The summed E-state index contributed by atoms with van der Waals surface area (Å²) < 4.78 is 0. The van der Waals surface area contributed by atoms with Crippen molar-refractivity contribution in [1.82, 2.24) is 0 Å². The zero-order chi connectivity index (χ0) is 13.5. The van der Waals surface area contributed by atoms with Crippen LogP contribution in [0.25, 0.3) is 0 Å². The number of rotatable bonds is 6. The number of hydrogen-bond donors (Lipinski definition) is 0. The second-order valence-corrected chi connectivity index (χ2v) is 5.01. The summed E-state index contributed by atoms with van der Waals surface area (Å²) in [6, 6.07) is 8.58. The van der Waals surface area contributed by atoms with Crippen molar-refractivity contribution in [2.75, 3.05) is 18.0 Å². The van der Waals surface area contributed by atoms with E-state index in [1.807, 2.05) is 0 Å². The lowest BCUT2D eigenvalue weighted by molar-refractivity contribution is -0.118. The molecule has 0 spiro atoms. The monoisotopic (exact) mass is 260 g/mol. The van der Waals surface area contributed by atoms with Crippen molar-refractivity contribution in [3.63, 3.8) is 0 Å². The van der Waals surface area contributed by atoms with Gasteiger partial charge in [-0.25, -0.2) is 0 Å². The van der Waals surface area contributed by atoms with Gasteiger partial charge in [0.05, 0.1) is 0 Å². The van der Waals surface area contributed by atoms with E-state index < -0.39 is 5.91 Å². The fourth-order valence-electron chi connectivity index (χ4n) is 2.65. The second kappa shape index (κ2) is 7.02. The van der Waals surface area contributed by atoms with Crippen molar-refractivity contribution in [2.24, 2.45) is 5.18 Å². The van der Waals surface area contributed by atoms with Gasteiger partial charge in [0.1, 0.15) is 0 Å². The van der Waals surface area contributed by atoms with Crippen LogP contribution in [0.2, 0.25) is 0 Å². The molecular formula is C15H20N2O2. The van der Waals surface area contributed by atoms with Gasteiger partial charge in [0.15, 0.2) is 0 Å². The number of amides is 1. The van der Waals surface area contributed by atoms with E-state index in [1.54, 1.807) is 0 Å². The number of para-hydroxylation sites is 1. The highest BCUT2D eigenvalue weighted by molar-refractivity contribution is 5.76. The SMILES string of the molecule is O=NC(=O)CCCCCN1CCCc2ccccc21. The summed E-state index contributed by atoms with van der Waals surface area (Å²) in [7, 11) is 0. The van der Waals surface area contributed by atoms with Crippen molar-refractivity contribution < 1.29 is 4.79 Å². The van der Waals surface area contributed by atoms with Crippen molar-refractivity contribution in [3.05, 3.63) is 34.7 Å². The molecule has 0 radical (unpaired) electrons. The number of carbonyl (C=O) groups is 1. The van der Waals surface area contributed by atoms with Gasteiger partial charge in [-0.15, -0.1) is 4.91 Å². The summed E-state index contributed by atoms with van der Waals surface area (Å²) >= 11 is 0. The molecule has 0 bridgehead atoms. The van der Waals surface area contributed by atoms with Gasteiger partial charge in [0.2, 0.25) is 0 Å². The Morgan fingerprint density at radius 3 is 2.89 bits per heavy atom. The first kappa shape index (κ1) is 13.7. The van der Waals surface area contributed by atoms with Crippen LogP contribution in [-0.4, -0.2) is 19.0 Å². The Bertz CT molecular complexity index is 446. The quantitative estimate of drug-likeness (QED) is 0.582. The van der Waals surface area contributed by atoms with Gasteiger partial charge in [0.25, 0.3) is 5.91 Å². The van der Waals surface area contributed by atoms with Crippen molar-refractivity contribution >= 4 is 11.6 Å². The van der Waals surface area contributed by atoms with Gasteiger partial charge in [-0.05, 0) is 37.3 Å². The van der Waals surface area contributed by atoms with Crippen molar-refractivity contribution in [2.45, 2.75) is 38.5 Å². The molecule has 0 aliphatic carbocycles. The van der Waals surface area contributed by atoms with Gasteiger partial charge in [-0.1, -0.05) is 24.6 Å². The summed E-state index contributed by atoms with van der Waals surface area (Å²) in [6.45, 7) is 2.14. The second-order valence-electron chi connectivity index (χ2n) is 5.01. The molecule has 0 N–H and O–H groups in total. The van der Waals surface area contributed by atoms with E-state index in [9.17, 15) is 9.70 Å². The van der Waals surface area contributed by atoms with E-state index in [1.165, 1.54) is 24.1 Å². The fraction of sp³-hybridized carbons (Fsp3) is 0.533. The van der Waals surface area contributed by atoms with Gasteiger partial charge < -0.3 is 4.90 Å². The van der Waals surface area contributed by atoms with Crippen LogP contribution >= 0.6 is 0 Å². The Labute approximate surface area is 113 Å². The fourth-order valence-corrected chi connectivity index (χ4v) is 2.65. The molecular weight excluding hydrogens is 240 g/mol. The zero-order valence-electron chi connectivity index (χ0n) is 11.2. The molecule has 19 heavy (non-hydrogen) atoms. The molecule has 0 fully saturated rings. The molecule has 4 heteroatoms. The molecule has 0 aromatic heterocycles. The number of fused-ring (bicyclic) bond motifs is 1. The highest BCUT2D eigenvalue weighted by Crippen LogP contribution is 2.26. The van der Waals surface area contributed by atoms with Crippen LogP contribution in [-0.2, 0) is 11.2 Å². The number of hydrogen-bond acceptors (Lipinski definition) is 3. The number of unbranched alkanes of at least 4 members (excludes halogenated alkanes) is 2. The molecule has 0 atom stereocenters. The Balaban J connectivity index is 1.75. The minimum absolute atomic E-state index is 0.292. The third-order valence-corrected chi connectivity index (χ3v) is 3.63. The molecule has 1 aromatic carbocycles. The third kappa shape index (κ3) is 3.88. The zero-order valence-corrected chi connectivity index (χ0v) is 11.2. The van der Waals surface area contributed by atoms with E-state index in [2.05, 4.69) is 34.3 Å². The molecule has 1 amide bonds. The third-order valence-electron chi connectivity index (χ3n) is 3.63. The first-order chi connectivity index (χ1) is 9.31. The largest absolute Gasteiger partial charge is 0.371 e. The maximum atomic E-state index is 10.8. The van der Waals surface area contributed by atoms with Crippen LogP contribution in [0.5, 0.6) is 0 Å². The Kier molecular flexibility index (Phi) is 5.07. The molecule has 0 saturated heterocycles. The maximum absolute atomic E-state index is 10.8. The van der Waals surface area contributed by atoms with E-state index in [-0.39, 0.29) is 0 Å². The van der Waals surface area contributed by atoms with E-state index in [0.717, 1.165) is 32.4 Å². The molecule has 1 aromatic rings. The van der Waals surface area contributed by atoms with Gasteiger partial charge in [0, 0.05) is 30.4 Å². The molecule has 1 heterocycles. The predicted molar refractivity (Wildman–Crippen MR) is 76.2 cm³/mol. The lowest BCUT2D eigenvalue weighted by Gasteiger charge is -2.31. The normalized spacial score (nSPS) is 14.0. The number of aryl methyl sites for hydroxylation is 1. The molecule has 4 nitrogen and oxygen atoms in total. The van der Waals surface area contributed by atoms with E-state index >= 15 is 0 Å². The molecule has 0 unspecified atom stereocenters. The molecule has 1 aliphatic rings. The number of carbonyl (C=O) groups excluding carboxylic acids is 1. The van der Waals surface area contributed by atoms with Crippen molar-refractivity contribution in [1.29, 1.82) is 0 Å². The first-order valence-corrected chi connectivity index (χ1v) is 7.00. The van der Waals surface area contributed by atoms with Crippen LogP contribution in [0.4, 0.5) is 5.69 Å². The highest BCUT2D eigenvalue weighted by Gasteiger charge is 2.15. The Morgan fingerprint density at radius 1 is 1.21 bits per heavy atom. The summed E-state index contributed by atoms with van der Waals surface area (Å²) in [5, 5.41) is 2.41. The minimum Gasteiger partial charge on any atom is -0.371 e. The van der Waals surface area contributed by atoms with E-state index in [0.29, 0.717) is 6.42 Å². The van der Waals surface area contributed by atoms with Crippen LogP contribution < -0.4 is 4.90 Å². The number of benzene rings is 1. The van der Waals surface area contributed by atoms with Crippen LogP contribution in [0.3, 0.4) is 0 Å². The standard InChI is InChI=1S/C15H20N2O2/c18-15(16-19)10-2-1-5-11-17-12-6-8-13-7-3-4-9-14(13)17/h3-4,7,9H,1-2,5-6,8,10-12H2. The van der Waals surface area contributed by atoms with Gasteiger partial charge in [-0.2, -0.15) is 0 Å². The van der Waals surface area contributed by atoms with Crippen molar-refractivity contribution in [3.8, 4) is 0 Å². The lowest BCUT2D eigenvalue weighted by atomic mass is 10.0. The molecule has 0 saturated carbocycles. The Morgan fingerprint density at radius 2 is 2.05 bits per heavy atom. The van der Waals surface area contributed by atoms with Crippen LogP contribution in [0, 0.1) is 4.91 Å². The number of anilines is 1. The van der Waals surface area contributed by atoms with Crippen LogP contribution in [0.1, 0.15) is 37.7 Å². The molecule has 1 aliphatic heterocycles. The summed E-state index contributed by atoms with van der Waals surface area (Å²) in [5.74, 6) is -0.525. The number of nitroso groups, excluding NO2 is 1. The minimum atomic E-state index is -0.525. The first-order valence-electron chi connectivity index (χ1n) is 7.00. The average molecular weight is 260 g/mol. The van der Waals surface area contributed by atoms with Crippen LogP contribution in [0.15, 0.2) is 29.4 Å². The summed E-state index contributed by atoms with van der Waals surface area (Å²) in [4.78, 5) is 23.1. The van der Waals surface area contributed by atoms with Gasteiger partial charge >= 0.3 is 0 Å². The molecule has 102 valence electrons. The highest BCUT2D eigenvalue weighted by atomic mass is 16.3. The van der Waals surface area contributed by atoms with E-state index in [4.69, 9.17) is 0 Å². The topological polar surface area (TPSA) is 49.7 Å².